The second-order valence-corrected chi connectivity index (χ2v) is 6.44. The number of sulfonamides is 1. The molecule has 0 amide bonds. The first-order valence-electron chi connectivity index (χ1n) is 5.39. The molecule has 6 heteroatoms. The van der Waals surface area contributed by atoms with Gasteiger partial charge in [-0.2, -0.15) is 5.26 Å². The van der Waals surface area contributed by atoms with E-state index in [9.17, 15) is 8.42 Å². The molecule has 18 heavy (non-hydrogen) atoms. The van der Waals surface area contributed by atoms with Crippen LogP contribution in [0, 0.1) is 11.3 Å². The van der Waals surface area contributed by atoms with Crippen LogP contribution in [0.1, 0.15) is 25.0 Å². The molecule has 0 aliphatic heterocycles. The van der Waals surface area contributed by atoms with Crippen LogP contribution in [0.3, 0.4) is 0 Å². The lowest BCUT2D eigenvalue weighted by Crippen LogP contribution is -2.46. The highest BCUT2D eigenvalue weighted by atomic mass is 32.2. The maximum absolute atomic E-state index is 11.9. The van der Waals surface area contributed by atoms with Crippen molar-refractivity contribution in [3.63, 3.8) is 0 Å². The Hall–Kier alpha value is -1.42. The van der Waals surface area contributed by atoms with Gasteiger partial charge in [-0.25, -0.2) is 13.1 Å². The molecule has 0 aromatic heterocycles. The van der Waals surface area contributed by atoms with Gasteiger partial charge in [0.25, 0.3) is 0 Å². The standard InChI is InChI=1S/C12H16N2O3S/c1-12(2,9-15)14-18(16,17)8-11-5-3-4-10(6-11)7-13/h3-6,14-15H,8-9H2,1-2H3. The molecule has 1 rings (SSSR count). The van der Waals surface area contributed by atoms with Crippen LogP contribution in [0.25, 0.3) is 0 Å². The molecular weight excluding hydrogens is 252 g/mol. The molecule has 0 aliphatic carbocycles. The molecule has 0 saturated heterocycles. The van der Waals surface area contributed by atoms with Crippen LogP contribution in [-0.4, -0.2) is 25.7 Å². The maximum Gasteiger partial charge on any atom is 0.216 e. The van der Waals surface area contributed by atoms with Gasteiger partial charge in [0.05, 0.1) is 29.5 Å². The molecule has 2 N–H and O–H groups in total. The molecule has 0 fully saturated rings. The molecule has 0 aliphatic rings. The number of hydrogen-bond donors (Lipinski definition) is 2. The molecule has 0 spiro atoms. The van der Waals surface area contributed by atoms with Crippen molar-refractivity contribution in [2.24, 2.45) is 0 Å². The molecule has 0 heterocycles. The Kier molecular flexibility index (Phi) is 4.46. The number of aliphatic hydroxyl groups is 1. The minimum Gasteiger partial charge on any atom is -0.394 e. The summed E-state index contributed by atoms with van der Waals surface area (Å²) in [5, 5.41) is 17.8. The van der Waals surface area contributed by atoms with Gasteiger partial charge in [0.2, 0.25) is 10.0 Å². The summed E-state index contributed by atoms with van der Waals surface area (Å²) in [6.07, 6.45) is 0. The van der Waals surface area contributed by atoms with Gasteiger partial charge in [0.1, 0.15) is 0 Å². The summed E-state index contributed by atoms with van der Waals surface area (Å²) in [6, 6.07) is 8.39. The van der Waals surface area contributed by atoms with Crippen molar-refractivity contribution in [1.29, 1.82) is 5.26 Å². The number of hydrogen-bond acceptors (Lipinski definition) is 4. The van der Waals surface area contributed by atoms with E-state index in [4.69, 9.17) is 10.4 Å². The summed E-state index contributed by atoms with van der Waals surface area (Å²) in [5.41, 5.74) is 0.0606. The molecule has 0 bridgehead atoms. The summed E-state index contributed by atoms with van der Waals surface area (Å²) in [4.78, 5) is 0. The predicted octanol–water partition coefficient (Wildman–Crippen LogP) is 0.749. The van der Waals surface area contributed by atoms with Crippen molar-refractivity contribution in [1.82, 2.24) is 4.72 Å². The summed E-state index contributed by atoms with van der Waals surface area (Å²) in [5.74, 6) is -0.216. The van der Waals surface area contributed by atoms with Gasteiger partial charge in [-0.15, -0.1) is 0 Å². The lowest BCUT2D eigenvalue weighted by atomic mass is 10.1. The smallest absolute Gasteiger partial charge is 0.216 e. The first kappa shape index (κ1) is 14.6. The fourth-order valence-corrected chi connectivity index (χ4v) is 3.04. The quantitative estimate of drug-likeness (QED) is 0.824. The fraction of sp³-hybridized carbons (Fsp3) is 0.417. The number of rotatable bonds is 5. The number of nitriles is 1. The third-order valence-corrected chi connectivity index (χ3v) is 3.82. The first-order chi connectivity index (χ1) is 8.28. The van der Waals surface area contributed by atoms with Gasteiger partial charge >= 0.3 is 0 Å². The molecule has 0 saturated carbocycles. The topological polar surface area (TPSA) is 90.2 Å². The van der Waals surface area contributed by atoms with Crippen LogP contribution in [-0.2, 0) is 15.8 Å². The molecule has 1 aromatic carbocycles. The third kappa shape index (κ3) is 4.45. The lowest BCUT2D eigenvalue weighted by molar-refractivity contribution is 0.208. The maximum atomic E-state index is 11.9. The van der Waals surface area contributed by atoms with Crippen molar-refractivity contribution in [2.75, 3.05) is 6.61 Å². The zero-order chi connectivity index (χ0) is 13.8. The van der Waals surface area contributed by atoms with Crippen LogP contribution in [0.2, 0.25) is 0 Å². The number of aliphatic hydroxyl groups excluding tert-OH is 1. The summed E-state index contributed by atoms with van der Waals surface area (Å²) in [6.45, 7) is 2.90. The second kappa shape index (κ2) is 5.48. The van der Waals surface area contributed by atoms with E-state index in [0.717, 1.165) is 0 Å². The van der Waals surface area contributed by atoms with E-state index in [1.807, 2.05) is 6.07 Å². The Balaban J connectivity index is 2.86. The molecule has 0 unspecified atom stereocenters. The molecule has 5 nitrogen and oxygen atoms in total. The van der Waals surface area contributed by atoms with Crippen molar-refractivity contribution < 1.29 is 13.5 Å². The number of nitrogens with zero attached hydrogens (tertiary/aromatic N) is 1. The van der Waals surface area contributed by atoms with Crippen LogP contribution < -0.4 is 4.72 Å². The Labute approximate surface area is 107 Å². The summed E-state index contributed by atoms with van der Waals surface area (Å²) in [7, 11) is -3.55. The average molecular weight is 268 g/mol. The minimum absolute atomic E-state index is 0.216. The molecular formula is C12H16N2O3S. The first-order valence-corrected chi connectivity index (χ1v) is 7.05. The highest BCUT2D eigenvalue weighted by molar-refractivity contribution is 7.88. The van der Waals surface area contributed by atoms with E-state index in [2.05, 4.69) is 4.72 Å². The van der Waals surface area contributed by atoms with Gasteiger partial charge < -0.3 is 5.11 Å². The van der Waals surface area contributed by atoms with Crippen LogP contribution in [0.4, 0.5) is 0 Å². The lowest BCUT2D eigenvalue weighted by Gasteiger charge is -2.23. The van der Waals surface area contributed by atoms with Gasteiger partial charge in [0, 0.05) is 0 Å². The summed E-state index contributed by atoms with van der Waals surface area (Å²) >= 11 is 0. The molecule has 0 radical (unpaired) electrons. The number of benzene rings is 1. The monoisotopic (exact) mass is 268 g/mol. The van der Waals surface area contributed by atoms with Gasteiger partial charge in [0.15, 0.2) is 0 Å². The Morgan fingerprint density at radius 3 is 2.67 bits per heavy atom. The highest BCUT2D eigenvalue weighted by Gasteiger charge is 2.24. The van der Waals surface area contributed by atoms with E-state index in [-0.39, 0.29) is 12.4 Å². The Morgan fingerprint density at radius 1 is 1.44 bits per heavy atom. The van der Waals surface area contributed by atoms with E-state index < -0.39 is 15.6 Å². The average Bonchev–Trinajstić information content (AvgIpc) is 2.27. The fourth-order valence-electron chi connectivity index (χ4n) is 1.44. The number of nitrogens with one attached hydrogen (secondary N) is 1. The zero-order valence-corrected chi connectivity index (χ0v) is 11.2. The predicted molar refractivity (Wildman–Crippen MR) is 68.1 cm³/mol. The Morgan fingerprint density at radius 2 is 2.11 bits per heavy atom. The van der Waals surface area contributed by atoms with Gasteiger partial charge in [-0.1, -0.05) is 12.1 Å². The largest absolute Gasteiger partial charge is 0.394 e. The van der Waals surface area contributed by atoms with Crippen LogP contribution >= 0.6 is 0 Å². The second-order valence-electron chi connectivity index (χ2n) is 4.72. The van der Waals surface area contributed by atoms with Crippen LogP contribution in [0.15, 0.2) is 24.3 Å². The van der Waals surface area contributed by atoms with Crippen LogP contribution in [0.5, 0.6) is 0 Å². The zero-order valence-electron chi connectivity index (χ0n) is 10.3. The van der Waals surface area contributed by atoms with E-state index in [1.165, 1.54) is 6.07 Å². The normalized spacial score (nSPS) is 12.1. The van der Waals surface area contributed by atoms with Crippen molar-refractivity contribution in [3.05, 3.63) is 35.4 Å². The summed E-state index contributed by atoms with van der Waals surface area (Å²) < 4.78 is 26.1. The SMILES string of the molecule is CC(C)(CO)NS(=O)(=O)Cc1cccc(C#N)c1. The highest BCUT2D eigenvalue weighted by Crippen LogP contribution is 2.10. The minimum atomic E-state index is -3.55. The van der Waals surface area contributed by atoms with Crippen molar-refractivity contribution in [3.8, 4) is 6.07 Å². The molecule has 1 aromatic rings. The molecule has 98 valence electrons. The van der Waals surface area contributed by atoms with Crippen molar-refractivity contribution >= 4 is 10.0 Å². The van der Waals surface area contributed by atoms with Crippen molar-refractivity contribution in [2.45, 2.75) is 25.1 Å². The van der Waals surface area contributed by atoms with Gasteiger partial charge in [-0.05, 0) is 31.5 Å². The van der Waals surface area contributed by atoms with E-state index in [1.54, 1.807) is 32.0 Å². The molecule has 0 atom stereocenters. The van der Waals surface area contributed by atoms with Gasteiger partial charge in [-0.3, -0.25) is 0 Å². The third-order valence-electron chi connectivity index (χ3n) is 2.24. The van der Waals surface area contributed by atoms with E-state index in [0.29, 0.717) is 11.1 Å². The van der Waals surface area contributed by atoms with E-state index >= 15 is 0 Å². The Bertz CT molecular complexity index is 559.